The van der Waals surface area contributed by atoms with Crippen molar-refractivity contribution in [3.63, 3.8) is 0 Å². The van der Waals surface area contributed by atoms with Crippen molar-refractivity contribution in [2.45, 2.75) is 19.8 Å². The highest BCUT2D eigenvalue weighted by Gasteiger charge is 2.06. The summed E-state index contributed by atoms with van der Waals surface area (Å²) in [5, 5.41) is 0.736. The summed E-state index contributed by atoms with van der Waals surface area (Å²) >= 11 is 5.84. The molecule has 0 aliphatic rings. The number of hydrogen-bond donors (Lipinski definition) is 0. The van der Waals surface area contributed by atoms with E-state index in [2.05, 4.69) is 16.6 Å². The third-order valence-electron chi connectivity index (χ3n) is 2.61. The summed E-state index contributed by atoms with van der Waals surface area (Å²) in [5.74, 6) is -0.155. The first-order valence-corrected chi connectivity index (χ1v) is 6.12. The van der Waals surface area contributed by atoms with Gasteiger partial charge in [0.1, 0.15) is 0 Å². The van der Waals surface area contributed by atoms with Gasteiger partial charge in [0.15, 0.2) is 0 Å². The lowest BCUT2D eigenvalue weighted by molar-refractivity contribution is -0.140. The largest absolute Gasteiger partial charge is 0.469 e. The smallest absolute Gasteiger partial charge is 0.305 e. The summed E-state index contributed by atoms with van der Waals surface area (Å²) in [6.07, 6.45) is 1.25. The minimum Gasteiger partial charge on any atom is -0.469 e. The summed E-state index contributed by atoms with van der Waals surface area (Å²) < 4.78 is 4.61. The van der Waals surface area contributed by atoms with Crippen LogP contribution >= 0.6 is 11.6 Å². The molecule has 0 aliphatic heterocycles. The highest BCUT2D eigenvalue weighted by Crippen LogP contribution is 2.18. The second-order valence-electron chi connectivity index (χ2n) is 3.74. The SMILES string of the molecule is CCN(CCCC(=O)OC)c1ccc(Cl)cc1. The molecule has 17 heavy (non-hydrogen) atoms. The molecule has 94 valence electrons. The summed E-state index contributed by atoms with van der Waals surface area (Å²) in [6, 6.07) is 7.73. The van der Waals surface area contributed by atoms with Gasteiger partial charge in [0.2, 0.25) is 0 Å². The molecule has 0 spiro atoms. The molecule has 0 N–H and O–H groups in total. The van der Waals surface area contributed by atoms with Crippen LogP contribution in [0.3, 0.4) is 0 Å². The molecule has 1 aromatic rings. The monoisotopic (exact) mass is 255 g/mol. The normalized spacial score (nSPS) is 10.1. The molecule has 0 bridgehead atoms. The first-order valence-electron chi connectivity index (χ1n) is 5.74. The molecule has 0 aromatic heterocycles. The number of methoxy groups -OCH3 is 1. The quantitative estimate of drug-likeness (QED) is 0.732. The van der Waals surface area contributed by atoms with E-state index in [1.165, 1.54) is 7.11 Å². The van der Waals surface area contributed by atoms with Crippen LogP contribution in [0.15, 0.2) is 24.3 Å². The van der Waals surface area contributed by atoms with E-state index in [1.54, 1.807) is 0 Å². The van der Waals surface area contributed by atoms with Gasteiger partial charge < -0.3 is 9.64 Å². The molecule has 0 saturated heterocycles. The Morgan fingerprint density at radius 2 is 2.00 bits per heavy atom. The zero-order valence-corrected chi connectivity index (χ0v) is 11.0. The Morgan fingerprint density at radius 3 is 2.53 bits per heavy atom. The van der Waals surface area contributed by atoms with Crippen LogP contribution in [0.25, 0.3) is 0 Å². The average molecular weight is 256 g/mol. The van der Waals surface area contributed by atoms with Gasteiger partial charge in [0.25, 0.3) is 0 Å². The summed E-state index contributed by atoms with van der Waals surface area (Å²) in [6.45, 7) is 3.84. The van der Waals surface area contributed by atoms with Gasteiger partial charge in [0, 0.05) is 30.2 Å². The van der Waals surface area contributed by atoms with Crippen LogP contribution in [0.4, 0.5) is 5.69 Å². The van der Waals surface area contributed by atoms with Crippen molar-refractivity contribution >= 4 is 23.3 Å². The molecular weight excluding hydrogens is 238 g/mol. The maximum Gasteiger partial charge on any atom is 0.305 e. The maximum absolute atomic E-state index is 11.0. The lowest BCUT2D eigenvalue weighted by Crippen LogP contribution is -2.24. The molecule has 1 aromatic carbocycles. The van der Waals surface area contributed by atoms with Crippen molar-refractivity contribution < 1.29 is 9.53 Å². The molecule has 1 rings (SSSR count). The number of ether oxygens (including phenoxy) is 1. The third-order valence-corrected chi connectivity index (χ3v) is 2.86. The molecule has 0 saturated carbocycles. The van der Waals surface area contributed by atoms with E-state index < -0.39 is 0 Å². The van der Waals surface area contributed by atoms with E-state index >= 15 is 0 Å². The second-order valence-corrected chi connectivity index (χ2v) is 4.17. The standard InChI is InChI=1S/C13H18ClNO2/c1-3-15(10-4-5-13(16)17-2)12-8-6-11(14)7-9-12/h6-9H,3-5,10H2,1-2H3. The van der Waals surface area contributed by atoms with E-state index in [9.17, 15) is 4.79 Å². The van der Waals surface area contributed by atoms with E-state index in [1.807, 2.05) is 24.3 Å². The van der Waals surface area contributed by atoms with Gasteiger partial charge in [-0.15, -0.1) is 0 Å². The number of rotatable bonds is 6. The first kappa shape index (κ1) is 13.8. The lowest BCUT2D eigenvalue weighted by atomic mass is 10.2. The maximum atomic E-state index is 11.0. The summed E-state index contributed by atoms with van der Waals surface area (Å²) in [7, 11) is 1.42. The van der Waals surface area contributed by atoms with Crippen molar-refractivity contribution in [2.24, 2.45) is 0 Å². The number of carbonyl (C=O) groups is 1. The van der Waals surface area contributed by atoms with Gasteiger partial charge >= 0.3 is 5.97 Å². The van der Waals surface area contributed by atoms with Gasteiger partial charge in [-0.3, -0.25) is 4.79 Å². The topological polar surface area (TPSA) is 29.5 Å². The first-order chi connectivity index (χ1) is 8.17. The molecular formula is C13H18ClNO2. The number of halogens is 1. The van der Waals surface area contributed by atoms with Crippen molar-refractivity contribution in [3.05, 3.63) is 29.3 Å². The van der Waals surface area contributed by atoms with Gasteiger partial charge in [-0.1, -0.05) is 11.6 Å². The van der Waals surface area contributed by atoms with Gasteiger partial charge in [-0.25, -0.2) is 0 Å². The number of hydrogen-bond acceptors (Lipinski definition) is 3. The van der Waals surface area contributed by atoms with Crippen LogP contribution in [0.2, 0.25) is 5.02 Å². The summed E-state index contributed by atoms with van der Waals surface area (Å²) in [5.41, 5.74) is 1.13. The number of benzene rings is 1. The fourth-order valence-corrected chi connectivity index (χ4v) is 1.76. The van der Waals surface area contributed by atoms with E-state index in [-0.39, 0.29) is 5.97 Å². The van der Waals surface area contributed by atoms with Crippen LogP contribution < -0.4 is 4.90 Å². The Labute approximate surface area is 107 Å². The predicted octanol–water partition coefficient (Wildman–Crippen LogP) is 3.12. The Kier molecular flexibility index (Phi) is 5.84. The minimum atomic E-state index is -0.155. The average Bonchev–Trinajstić information content (AvgIpc) is 2.35. The molecule has 0 unspecified atom stereocenters. The second kappa shape index (κ2) is 7.17. The third kappa shape index (κ3) is 4.65. The van der Waals surface area contributed by atoms with Crippen LogP contribution in [0.1, 0.15) is 19.8 Å². The van der Waals surface area contributed by atoms with Crippen LogP contribution in [0, 0.1) is 0 Å². The number of anilines is 1. The highest BCUT2D eigenvalue weighted by molar-refractivity contribution is 6.30. The fourth-order valence-electron chi connectivity index (χ4n) is 1.64. The van der Waals surface area contributed by atoms with Gasteiger partial charge in [-0.05, 0) is 37.6 Å². The minimum absolute atomic E-state index is 0.155. The number of nitrogens with zero attached hydrogens (tertiary/aromatic N) is 1. The van der Waals surface area contributed by atoms with Crippen LogP contribution in [0.5, 0.6) is 0 Å². The van der Waals surface area contributed by atoms with Gasteiger partial charge in [0.05, 0.1) is 7.11 Å². The molecule has 0 fully saturated rings. The zero-order valence-electron chi connectivity index (χ0n) is 10.3. The molecule has 0 aliphatic carbocycles. The molecule has 0 amide bonds. The lowest BCUT2D eigenvalue weighted by Gasteiger charge is -2.22. The van der Waals surface area contributed by atoms with E-state index in [4.69, 9.17) is 11.6 Å². The van der Waals surface area contributed by atoms with Gasteiger partial charge in [-0.2, -0.15) is 0 Å². The molecule has 0 atom stereocenters. The Bertz CT molecular complexity index is 351. The Hall–Kier alpha value is -1.22. The number of esters is 1. The Morgan fingerprint density at radius 1 is 1.35 bits per heavy atom. The predicted molar refractivity (Wildman–Crippen MR) is 70.6 cm³/mol. The van der Waals surface area contributed by atoms with Crippen molar-refractivity contribution in [1.82, 2.24) is 0 Å². The van der Waals surface area contributed by atoms with Crippen molar-refractivity contribution in [2.75, 3.05) is 25.1 Å². The highest BCUT2D eigenvalue weighted by atomic mass is 35.5. The van der Waals surface area contributed by atoms with E-state index in [0.717, 1.165) is 30.2 Å². The summed E-state index contributed by atoms with van der Waals surface area (Å²) in [4.78, 5) is 13.2. The molecule has 0 heterocycles. The van der Waals surface area contributed by atoms with Crippen LogP contribution in [-0.4, -0.2) is 26.2 Å². The zero-order chi connectivity index (χ0) is 12.7. The van der Waals surface area contributed by atoms with Crippen LogP contribution in [-0.2, 0) is 9.53 Å². The van der Waals surface area contributed by atoms with E-state index in [0.29, 0.717) is 6.42 Å². The molecule has 0 radical (unpaired) electrons. The molecule has 3 nitrogen and oxygen atoms in total. The van der Waals surface area contributed by atoms with Crippen molar-refractivity contribution in [3.8, 4) is 0 Å². The van der Waals surface area contributed by atoms with Crippen molar-refractivity contribution in [1.29, 1.82) is 0 Å². The molecule has 4 heteroatoms. The Balaban J connectivity index is 2.48. The number of carbonyl (C=O) groups excluding carboxylic acids is 1. The fraction of sp³-hybridized carbons (Fsp3) is 0.462.